The summed E-state index contributed by atoms with van der Waals surface area (Å²) in [6.45, 7) is 0. The summed E-state index contributed by atoms with van der Waals surface area (Å²) in [4.78, 5) is 0. The van der Waals surface area contributed by atoms with Crippen LogP contribution < -0.4 is 6.15 Å². The normalized spacial score (nSPS) is 8.92. The predicted octanol–water partition coefficient (Wildman–Crippen LogP) is -3.16. The van der Waals surface area contributed by atoms with Gasteiger partial charge < -0.3 is 25.3 Å². The van der Waals surface area contributed by atoms with Crippen molar-refractivity contribution in [2.75, 3.05) is 0 Å². The fourth-order valence-electron chi connectivity index (χ4n) is 0. The molecule has 0 spiro atoms. The largest absolute Gasteiger partial charge is 2.00 e. The molecule has 0 aliphatic carbocycles. The Kier molecular flexibility index (Phi) is 23.6. The van der Waals surface area contributed by atoms with Crippen molar-refractivity contribution in [3.05, 3.63) is 0 Å². The molecule has 0 fully saturated rings. The molecule has 80 valence electrons. The molecule has 0 aromatic rings. The van der Waals surface area contributed by atoms with Gasteiger partial charge in [-0.2, -0.15) is 0 Å². The molecule has 0 unspecified atom stereocenters. The Hall–Kier alpha value is 0.426. The summed E-state index contributed by atoms with van der Waals surface area (Å²) >= 11 is 0. The van der Waals surface area contributed by atoms with Crippen LogP contribution in [0.15, 0.2) is 0 Å². The van der Waals surface area contributed by atoms with Gasteiger partial charge in [0.2, 0.25) is 10.4 Å². The Morgan fingerprint density at radius 3 is 0.923 bits per heavy atom. The van der Waals surface area contributed by atoms with E-state index < -0.39 is 20.8 Å². The maximum Gasteiger partial charge on any atom is 2.00 e. The Balaban J connectivity index is -0.0000000267. The molecule has 0 aromatic heterocycles. The average Bonchev–Trinajstić information content (AvgIpc) is 1.12. The minimum atomic E-state index is -5.17. The summed E-state index contributed by atoms with van der Waals surface area (Å²) < 4.78 is 66.9. The fraction of sp³-hybridized carbons (Fsp3) is 0. The third kappa shape index (κ3) is 7440. The zero-order chi connectivity index (χ0) is 9.00. The van der Waals surface area contributed by atoms with Gasteiger partial charge in [0.15, 0.2) is 0 Å². The van der Waals surface area contributed by atoms with Crippen molar-refractivity contribution >= 4 is 43.9 Å². The number of hydrogen-bond acceptors (Lipinski definition) is 7. The molecular formula is H7MgNO9S2. The maximum atomic E-state index is 8.63. The van der Waals surface area contributed by atoms with Gasteiger partial charge in [0.1, 0.15) is 0 Å². The smallest absolute Gasteiger partial charge is 0.759 e. The van der Waals surface area contributed by atoms with Gasteiger partial charge in [0.05, 0.1) is 0 Å². The zero-order valence-electron chi connectivity index (χ0n) is 6.33. The Bertz CT molecular complexity index is 214. The zero-order valence-corrected chi connectivity index (χ0v) is 9.38. The van der Waals surface area contributed by atoms with Crippen molar-refractivity contribution in [2.45, 2.75) is 0 Å². The molecule has 7 N–H and O–H groups in total. The molecule has 10 nitrogen and oxygen atoms in total. The Morgan fingerprint density at radius 1 is 0.923 bits per heavy atom. The summed E-state index contributed by atoms with van der Waals surface area (Å²) in [6, 6.07) is 0. The van der Waals surface area contributed by atoms with E-state index in [1.807, 2.05) is 0 Å². The van der Waals surface area contributed by atoms with E-state index in [-0.39, 0.29) is 34.7 Å². The van der Waals surface area contributed by atoms with Crippen LogP contribution in [-0.2, 0) is 20.8 Å². The molecule has 0 aromatic carbocycles. The molecule has 0 heterocycles. The van der Waals surface area contributed by atoms with Gasteiger partial charge >= 0.3 is 23.1 Å². The molecular weight excluding hydrogens is 246 g/mol. The van der Waals surface area contributed by atoms with Crippen molar-refractivity contribution in [3.63, 3.8) is 0 Å². The number of hydrogen-bond donors (Lipinski definition) is 2. The molecule has 0 bridgehead atoms. The van der Waals surface area contributed by atoms with Gasteiger partial charge in [-0.05, 0) is 0 Å². The Labute approximate surface area is 90.5 Å². The molecule has 0 aliphatic rings. The summed E-state index contributed by atoms with van der Waals surface area (Å²) in [5.41, 5.74) is 0. The van der Waals surface area contributed by atoms with E-state index in [1.165, 1.54) is 0 Å². The van der Waals surface area contributed by atoms with Crippen LogP contribution >= 0.6 is 0 Å². The predicted molar refractivity (Wildman–Crippen MR) is 38.2 cm³/mol. The third-order valence-electron chi connectivity index (χ3n) is 0. The Morgan fingerprint density at radius 2 is 0.923 bits per heavy atom. The fourth-order valence-corrected chi connectivity index (χ4v) is 0. The number of rotatable bonds is 0. The first-order chi connectivity index (χ1) is 4.00. The second kappa shape index (κ2) is 10.5. The van der Waals surface area contributed by atoms with Crippen molar-refractivity contribution in [1.82, 2.24) is 6.15 Å². The molecule has 0 atom stereocenters. The molecule has 0 amide bonds. The van der Waals surface area contributed by atoms with Gasteiger partial charge in [0.25, 0.3) is 0 Å². The monoisotopic (exact) mass is 253 g/mol. The van der Waals surface area contributed by atoms with Crippen LogP contribution in [0.25, 0.3) is 0 Å². The van der Waals surface area contributed by atoms with Gasteiger partial charge in [-0.25, -0.2) is 8.42 Å². The SMILES string of the molecule is O.O=S(=O)([O-])O.O=S(=O)([O-])[O-].[Mg+2].[NH4+]. The average molecular weight is 253 g/mol. The van der Waals surface area contributed by atoms with Crippen LogP contribution in [0.4, 0.5) is 0 Å². The van der Waals surface area contributed by atoms with Crippen molar-refractivity contribution in [1.29, 1.82) is 0 Å². The quantitative estimate of drug-likeness (QED) is 0.253. The van der Waals surface area contributed by atoms with Crippen molar-refractivity contribution in [3.8, 4) is 0 Å². The van der Waals surface area contributed by atoms with Crippen LogP contribution in [0.2, 0.25) is 0 Å². The van der Waals surface area contributed by atoms with E-state index in [1.54, 1.807) is 0 Å². The molecule has 0 saturated heterocycles. The minimum absolute atomic E-state index is 0. The standard InChI is InChI=1S/Mg.H3N.2H2O4S.H2O/c;;2*1-5(2,3)4;/h;1H3;2*(H2,1,2,3,4);1H2/q+2;;;;/p-2. The van der Waals surface area contributed by atoms with Gasteiger partial charge in [-0.1, -0.05) is 0 Å². The van der Waals surface area contributed by atoms with Gasteiger partial charge in [0, 0.05) is 10.4 Å². The number of quaternary nitrogens is 1. The van der Waals surface area contributed by atoms with Crippen LogP contribution in [0.1, 0.15) is 0 Å². The van der Waals surface area contributed by atoms with E-state index in [0.717, 1.165) is 0 Å². The first-order valence-corrected chi connectivity index (χ1v) is 4.05. The minimum Gasteiger partial charge on any atom is -0.759 e. The summed E-state index contributed by atoms with van der Waals surface area (Å²) in [6.07, 6.45) is 0. The first-order valence-electron chi connectivity index (χ1n) is 1.35. The van der Waals surface area contributed by atoms with Gasteiger partial charge in [-0.15, -0.1) is 0 Å². The third-order valence-corrected chi connectivity index (χ3v) is 0. The molecule has 0 aliphatic heterocycles. The van der Waals surface area contributed by atoms with E-state index in [9.17, 15) is 0 Å². The summed E-state index contributed by atoms with van der Waals surface area (Å²) in [5, 5.41) is 0. The van der Waals surface area contributed by atoms with Crippen LogP contribution in [0.3, 0.4) is 0 Å². The van der Waals surface area contributed by atoms with Crippen molar-refractivity contribution < 1.29 is 40.5 Å². The van der Waals surface area contributed by atoms with E-state index in [0.29, 0.717) is 0 Å². The van der Waals surface area contributed by atoms with Crippen LogP contribution in [0.5, 0.6) is 0 Å². The molecule has 0 radical (unpaired) electrons. The first kappa shape index (κ1) is 29.2. The van der Waals surface area contributed by atoms with Crippen molar-refractivity contribution in [2.24, 2.45) is 0 Å². The second-order valence-electron chi connectivity index (χ2n) is 0.836. The molecule has 13 heavy (non-hydrogen) atoms. The van der Waals surface area contributed by atoms with Crippen LogP contribution in [0, 0.1) is 0 Å². The second-order valence-corrected chi connectivity index (χ2v) is 2.51. The molecule has 0 rings (SSSR count). The van der Waals surface area contributed by atoms with Crippen LogP contribution in [-0.4, -0.2) is 63.6 Å². The van der Waals surface area contributed by atoms with E-state index in [4.69, 9.17) is 35.0 Å². The topological polar surface area (TPSA) is 226 Å². The molecule has 13 heteroatoms. The molecule has 0 saturated carbocycles. The summed E-state index contributed by atoms with van der Waals surface area (Å²) in [7, 11) is -10.1. The maximum absolute atomic E-state index is 8.63. The van der Waals surface area contributed by atoms with E-state index >= 15 is 0 Å². The summed E-state index contributed by atoms with van der Waals surface area (Å²) in [5.74, 6) is 0. The van der Waals surface area contributed by atoms with E-state index in [2.05, 4.69) is 0 Å². The van der Waals surface area contributed by atoms with Gasteiger partial charge in [-0.3, -0.25) is 13.0 Å².